The minimum Gasteiger partial charge on any atom is -0.496 e. The van der Waals surface area contributed by atoms with Gasteiger partial charge < -0.3 is 9.47 Å². The number of halogens is 1. The summed E-state index contributed by atoms with van der Waals surface area (Å²) < 4.78 is 11.6. The van der Waals surface area contributed by atoms with Crippen LogP contribution in [0.1, 0.15) is 25.3 Å². The van der Waals surface area contributed by atoms with Crippen molar-refractivity contribution in [3.8, 4) is 5.75 Å². The molecule has 1 fully saturated rings. The van der Waals surface area contributed by atoms with Gasteiger partial charge in [0.1, 0.15) is 11.4 Å². The molecule has 98 valence electrons. The van der Waals surface area contributed by atoms with Crippen LogP contribution in [0.25, 0.3) is 0 Å². The third-order valence-corrected chi connectivity index (χ3v) is 4.01. The Labute approximate surface area is 116 Å². The van der Waals surface area contributed by atoms with Gasteiger partial charge in [0.2, 0.25) is 0 Å². The van der Waals surface area contributed by atoms with Crippen LogP contribution in [0.4, 0.5) is 0 Å². The minimum absolute atomic E-state index is 0.150. The number of hydrogen-bond donors (Lipinski definition) is 0. The lowest BCUT2D eigenvalue weighted by atomic mass is 9.92. The lowest BCUT2D eigenvalue weighted by Gasteiger charge is -2.21. The lowest BCUT2D eigenvalue weighted by molar-refractivity contribution is -0.136. The summed E-state index contributed by atoms with van der Waals surface area (Å²) in [4.78, 5) is 12.2. The van der Waals surface area contributed by atoms with Gasteiger partial charge in [-0.3, -0.25) is 4.79 Å². The first-order valence-electron chi connectivity index (χ1n) is 6.05. The predicted molar refractivity (Wildman–Crippen MR) is 73.0 cm³/mol. The molecule has 1 aromatic carbocycles. The molecular formula is C14H17BrO3. The standard InChI is InChI=1S/C14H17BrO3/c1-14(6-3-7-18-14)13(16)9-10-4-5-12(17-2)11(15)8-10/h4-5,8H,3,6-7,9H2,1-2H3. The molecule has 1 unspecified atom stereocenters. The molecule has 0 bridgehead atoms. The van der Waals surface area contributed by atoms with Gasteiger partial charge in [0, 0.05) is 13.0 Å². The van der Waals surface area contributed by atoms with Gasteiger partial charge in [-0.15, -0.1) is 0 Å². The van der Waals surface area contributed by atoms with E-state index in [1.54, 1.807) is 7.11 Å². The SMILES string of the molecule is COc1ccc(CC(=O)C2(C)CCCO2)cc1Br. The first kappa shape index (κ1) is 13.6. The van der Waals surface area contributed by atoms with E-state index >= 15 is 0 Å². The molecule has 18 heavy (non-hydrogen) atoms. The predicted octanol–water partition coefficient (Wildman–Crippen LogP) is 3.14. The summed E-state index contributed by atoms with van der Waals surface area (Å²) in [5.74, 6) is 0.923. The highest BCUT2D eigenvalue weighted by atomic mass is 79.9. The molecule has 0 spiro atoms. The van der Waals surface area contributed by atoms with E-state index in [4.69, 9.17) is 9.47 Å². The Balaban J connectivity index is 2.09. The average molecular weight is 313 g/mol. The summed E-state index contributed by atoms with van der Waals surface area (Å²) in [6.07, 6.45) is 2.19. The van der Waals surface area contributed by atoms with E-state index in [9.17, 15) is 4.79 Å². The number of ketones is 1. The van der Waals surface area contributed by atoms with Crippen molar-refractivity contribution in [2.45, 2.75) is 31.8 Å². The van der Waals surface area contributed by atoms with Crippen LogP contribution in [-0.4, -0.2) is 25.1 Å². The van der Waals surface area contributed by atoms with Gasteiger partial charge >= 0.3 is 0 Å². The van der Waals surface area contributed by atoms with Crippen LogP contribution in [0.15, 0.2) is 22.7 Å². The number of rotatable bonds is 4. The number of ether oxygens (including phenoxy) is 2. The second-order valence-electron chi connectivity index (χ2n) is 4.75. The smallest absolute Gasteiger partial charge is 0.168 e. The largest absolute Gasteiger partial charge is 0.496 e. The summed E-state index contributed by atoms with van der Waals surface area (Å²) in [5, 5.41) is 0. The molecule has 0 aliphatic carbocycles. The molecule has 1 heterocycles. The molecule has 0 N–H and O–H groups in total. The number of benzene rings is 1. The van der Waals surface area contributed by atoms with Crippen molar-refractivity contribution in [2.24, 2.45) is 0 Å². The monoisotopic (exact) mass is 312 g/mol. The summed E-state index contributed by atoms with van der Waals surface area (Å²) in [5.41, 5.74) is 0.385. The molecule has 0 aromatic heterocycles. The van der Waals surface area contributed by atoms with E-state index in [-0.39, 0.29) is 5.78 Å². The second kappa shape index (κ2) is 5.41. The Kier molecular flexibility index (Phi) is 4.07. The van der Waals surface area contributed by atoms with Crippen LogP contribution < -0.4 is 4.74 Å². The van der Waals surface area contributed by atoms with Gasteiger partial charge in [0.25, 0.3) is 0 Å². The van der Waals surface area contributed by atoms with Crippen LogP contribution in [0.5, 0.6) is 5.75 Å². The second-order valence-corrected chi connectivity index (χ2v) is 5.61. The summed E-state index contributed by atoms with van der Waals surface area (Å²) >= 11 is 3.43. The highest BCUT2D eigenvalue weighted by Crippen LogP contribution is 2.29. The van der Waals surface area contributed by atoms with E-state index in [0.29, 0.717) is 13.0 Å². The highest BCUT2D eigenvalue weighted by Gasteiger charge is 2.36. The number of methoxy groups -OCH3 is 1. The van der Waals surface area contributed by atoms with Crippen LogP contribution in [0.3, 0.4) is 0 Å². The molecule has 0 radical (unpaired) electrons. The Morgan fingerprint density at radius 1 is 1.56 bits per heavy atom. The maximum Gasteiger partial charge on any atom is 0.168 e. The maximum atomic E-state index is 12.2. The molecule has 0 saturated carbocycles. The fourth-order valence-corrected chi connectivity index (χ4v) is 2.78. The Morgan fingerprint density at radius 2 is 2.33 bits per heavy atom. The summed E-state index contributed by atoms with van der Waals surface area (Å²) in [6, 6.07) is 5.71. The number of carbonyl (C=O) groups excluding carboxylic acids is 1. The van der Waals surface area contributed by atoms with Gasteiger partial charge in [-0.1, -0.05) is 6.07 Å². The number of Topliss-reactive ketones (excluding diaryl/α,β-unsaturated/α-hetero) is 1. The first-order valence-corrected chi connectivity index (χ1v) is 6.84. The Bertz CT molecular complexity index is 450. The molecule has 1 aliphatic heterocycles. The van der Waals surface area contributed by atoms with Gasteiger partial charge in [0.15, 0.2) is 5.78 Å². The normalized spacial score (nSPS) is 23.1. The lowest BCUT2D eigenvalue weighted by Crippen LogP contribution is -2.35. The van der Waals surface area contributed by atoms with Crippen molar-refractivity contribution < 1.29 is 14.3 Å². The van der Waals surface area contributed by atoms with Gasteiger partial charge in [0.05, 0.1) is 11.6 Å². The van der Waals surface area contributed by atoms with E-state index in [1.165, 1.54) is 0 Å². The van der Waals surface area contributed by atoms with E-state index in [1.807, 2.05) is 25.1 Å². The molecule has 3 nitrogen and oxygen atoms in total. The topological polar surface area (TPSA) is 35.5 Å². The zero-order chi connectivity index (χ0) is 13.2. The van der Waals surface area contributed by atoms with Crippen LogP contribution >= 0.6 is 15.9 Å². The van der Waals surface area contributed by atoms with Crippen LogP contribution in [0.2, 0.25) is 0 Å². The molecule has 4 heteroatoms. The molecule has 1 aliphatic rings. The van der Waals surface area contributed by atoms with Gasteiger partial charge in [-0.05, 0) is 53.4 Å². The fourth-order valence-electron chi connectivity index (χ4n) is 2.19. The van der Waals surface area contributed by atoms with E-state index in [0.717, 1.165) is 28.6 Å². The van der Waals surface area contributed by atoms with Crippen molar-refractivity contribution in [2.75, 3.05) is 13.7 Å². The van der Waals surface area contributed by atoms with Crippen molar-refractivity contribution in [3.05, 3.63) is 28.2 Å². The van der Waals surface area contributed by atoms with E-state index in [2.05, 4.69) is 15.9 Å². The van der Waals surface area contributed by atoms with E-state index < -0.39 is 5.60 Å². The minimum atomic E-state index is -0.591. The number of carbonyl (C=O) groups is 1. The molecule has 2 rings (SSSR count). The van der Waals surface area contributed by atoms with Crippen molar-refractivity contribution in [3.63, 3.8) is 0 Å². The van der Waals surface area contributed by atoms with Crippen molar-refractivity contribution in [1.29, 1.82) is 0 Å². The Hall–Kier alpha value is -0.870. The summed E-state index contributed by atoms with van der Waals surface area (Å²) in [6.45, 7) is 2.58. The Morgan fingerprint density at radius 3 is 2.89 bits per heavy atom. The third-order valence-electron chi connectivity index (χ3n) is 3.39. The first-order chi connectivity index (χ1) is 8.55. The fraction of sp³-hybridized carbons (Fsp3) is 0.500. The third kappa shape index (κ3) is 2.75. The maximum absolute atomic E-state index is 12.2. The highest BCUT2D eigenvalue weighted by molar-refractivity contribution is 9.10. The zero-order valence-corrected chi connectivity index (χ0v) is 12.2. The molecule has 1 saturated heterocycles. The average Bonchev–Trinajstić information content (AvgIpc) is 2.78. The van der Waals surface area contributed by atoms with Crippen LogP contribution in [-0.2, 0) is 16.0 Å². The molecule has 1 aromatic rings. The van der Waals surface area contributed by atoms with Gasteiger partial charge in [-0.25, -0.2) is 0 Å². The van der Waals surface area contributed by atoms with Crippen molar-refractivity contribution in [1.82, 2.24) is 0 Å². The van der Waals surface area contributed by atoms with Crippen LogP contribution in [0, 0.1) is 0 Å². The molecule has 1 atom stereocenters. The summed E-state index contributed by atoms with van der Waals surface area (Å²) in [7, 11) is 1.62. The zero-order valence-electron chi connectivity index (χ0n) is 10.7. The van der Waals surface area contributed by atoms with Crippen molar-refractivity contribution >= 4 is 21.7 Å². The quantitative estimate of drug-likeness (QED) is 0.857. The number of hydrogen-bond acceptors (Lipinski definition) is 3. The van der Waals surface area contributed by atoms with Gasteiger partial charge in [-0.2, -0.15) is 0 Å². The molecule has 0 amide bonds. The molecular weight excluding hydrogens is 296 g/mol.